The van der Waals surface area contributed by atoms with Gasteiger partial charge in [-0.15, -0.1) is 0 Å². The van der Waals surface area contributed by atoms with Gasteiger partial charge in [-0.2, -0.15) is 0 Å². The van der Waals surface area contributed by atoms with Crippen molar-refractivity contribution in [1.29, 1.82) is 0 Å². The van der Waals surface area contributed by atoms with Crippen molar-refractivity contribution in [3.8, 4) is 11.5 Å². The number of aliphatic hydroxyl groups excluding tert-OH is 1. The normalized spacial score (nSPS) is 18.2. The number of likely N-dealkylation sites (tertiary alicyclic amines) is 1. The summed E-state index contributed by atoms with van der Waals surface area (Å²) in [6, 6.07) is 13.3. The Morgan fingerprint density at radius 1 is 1.03 bits per heavy atom. The Balaban J connectivity index is 2.14. The van der Waals surface area contributed by atoms with E-state index in [0.717, 1.165) is 18.4 Å². The van der Waals surface area contributed by atoms with Gasteiger partial charge in [0.1, 0.15) is 17.3 Å². The number of ketones is 1. The summed E-state index contributed by atoms with van der Waals surface area (Å²) in [7, 11) is 3.11. The number of aliphatic hydroxyl groups is 1. The largest absolute Gasteiger partial charge is 0.507 e. The number of hydrogen-bond acceptors (Lipinski definition) is 5. The molecule has 2 aromatic rings. The maximum atomic E-state index is 12.9. The summed E-state index contributed by atoms with van der Waals surface area (Å²) in [5.74, 6) is -0.219. The number of methoxy groups -OCH3 is 2. The van der Waals surface area contributed by atoms with Crippen molar-refractivity contribution in [2.24, 2.45) is 0 Å². The van der Waals surface area contributed by atoms with Crippen LogP contribution in [0.25, 0.3) is 5.76 Å². The summed E-state index contributed by atoms with van der Waals surface area (Å²) in [6.07, 6.45) is 1.64. The van der Waals surface area contributed by atoms with Gasteiger partial charge in [-0.1, -0.05) is 25.5 Å². The molecular formula is C23H25NO5. The predicted octanol–water partition coefficient (Wildman–Crippen LogP) is 3.93. The maximum Gasteiger partial charge on any atom is 0.295 e. The van der Waals surface area contributed by atoms with Gasteiger partial charge in [-0.3, -0.25) is 9.59 Å². The Morgan fingerprint density at radius 2 is 1.72 bits per heavy atom. The third-order valence-electron chi connectivity index (χ3n) is 5.07. The molecule has 6 nitrogen and oxygen atoms in total. The van der Waals surface area contributed by atoms with Gasteiger partial charge in [0.2, 0.25) is 0 Å². The van der Waals surface area contributed by atoms with Crippen LogP contribution in [0.2, 0.25) is 0 Å². The van der Waals surface area contributed by atoms with Crippen molar-refractivity contribution < 1.29 is 24.2 Å². The molecular weight excluding hydrogens is 370 g/mol. The van der Waals surface area contributed by atoms with Crippen molar-refractivity contribution in [2.75, 3.05) is 20.8 Å². The average molecular weight is 395 g/mol. The van der Waals surface area contributed by atoms with Crippen LogP contribution in [-0.4, -0.2) is 42.5 Å². The minimum Gasteiger partial charge on any atom is -0.507 e. The third kappa shape index (κ3) is 3.97. The van der Waals surface area contributed by atoms with Gasteiger partial charge in [0.15, 0.2) is 0 Å². The van der Waals surface area contributed by atoms with E-state index in [1.54, 1.807) is 50.6 Å². The number of nitrogens with zero attached hydrogens (tertiary/aromatic N) is 1. The number of rotatable bonds is 7. The molecule has 1 heterocycles. The molecule has 1 atom stereocenters. The molecule has 152 valence electrons. The average Bonchev–Trinajstić information content (AvgIpc) is 3.02. The fourth-order valence-corrected chi connectivity index (χ4v) is 3.50. The number of amides is 1. The fourth-order valence-electron chi connectivity index (χ4n) is 3.50. The molecule has 29 heavy (non-hydrogen) atoms. The Hall–Kier alpha value is -3.28. The molecule has 2 aromatic carbocycles. The number of hydrogen-bond donors (Lipinski definition) is 1. The number of ether oxygens (including phenoxy) is 2. The second kappa shape index (κ2) is 8.82. The zero-order chi connectivity index (χ0) is 21.0. The summed E-state index contributed by atoms with van der Waals surface area (Å²) >= 11 is 0. The van der Waals surface area contributed by atoms with Gasteiger partial charge in [-0.25, -0.2) is 0 Å². The number of carbonyl (C=O) groups excluding carboxylic acids is 2. The van der Waals surface area contributed by atoms with Gasteiger partial charge in [-0.05, 0) is 48.4 Å². The second-order valence-electron chi connectivity index (χ2n) is 6.85. The van der Waals surface area contributed by atoms with Gasteiger partial charge < -0.3 is 19.5 Å². The first-order chi connectivity index (χ1) is 14.0. The highest BCUT2D eigenvalue weighted by atomic mass is 16.5. The van der Waals surface area contributed by atoms with Crippen molar-refractivity contribution >= 4 is 17.4 Å². The molecule has 0 aromatic heterocycles. The number of Topliss-reactive ketones (excluding diaryl/α,β-unsaturated/α-hetero) is 1. The van der Waals surface area contributed by atoms with Gasteiger partial charge in [0.25, 0.3) is 11.7 Å². The summed E-state index contributed by atoms with van der Waals surface area (Å²) in [4.78, 5) is 27.2. The van der Waals surface area contributed by atoms with E-state index < -0.39 is 17.7 Å². The summed E-state index contributed by atoms with van der Waals surface area (Å²) in [5.41, 5.74) is 1.26. The summed E-state index contributed by atoms with van der Waals surface area (Å²) in [5, 5.41) is 11.0. The predicted molar refractivity (Wildman–Crippen MR) is 110 cm³/mol. The van der Waals surface area contributed by atoms with Crippen molar-refractivity contribution in [3.05, 3.63) is 65.2 Å². The first kappa shape index (κ1) is 20.5. The molecule has 0 radical (unpaired) electrons. The Morgan fingerprint density at radius 3 is 2.34 bits per heavy atom. The second-order valence-corrected chi connectivity index (χ2v) is 6.85. The molecule has 1 N–H and O–H groups in total. The van der Waals surface area contributed by atoms with Gasteiger partial charge in [0, 0.05) is 12.1 Å². The van der Waals surface area contributed by atoms with Crippen LogP contribution in [0, 0.1) is 0 Å². The number of unbranched alkanes of at least 4 members (excludes halogenated alkanes) is 1. The van der Waals surface area contributed by atoms with Gasteiger partial charge >= 0.3 is 0 Å². The molecule has 0 bridgehead atoms. The Kier molecular flexibility index (Phi) is 6.22. The van der Waals surface area contributed by atoms with Crippen LogP contribution in [0.15, 0.2) is 54.1 Å². The lowest BCUT2D eigenvalue weighted by molar-refractivity contribution is -0.139. The molecule has 1 fully saturated rings. The molecule has 3 rings (SSSR count). The van der Waals surface area contributed by atoms with E-state index in [9.17, 15) is 14.7 Å². The first-order valence-corrected chi connectivity index (χ1v) is 9.58. The standard InChI is InChI=1S/C23H25NO5/c1-4-5-13-24-20(16-7-6-8-18(14-16)29-3)19(22(26)23(24)27)21(25)15-9-11-17(28-2)12-10-15/h6-12,14,20,25H,4-5,13H2,1-3H3/b21-19-. The van der Waals surface area contributed by atoms with Crippen LogP contribution in [-0.2, 0) is 9.59 Å². The van der Waals surface area contributed by atoms with Crippen molar-refractivity contribution in [2.45, 2.75) is 25.8 Å². The van der Waals surface area contributed by atoms with E-state index in [4.69, 9.17) is 9.47 Å². The minimum absolute atomic E-state index is 0.0875. The van der Waals surface area contributed by atoms with E-state index in [1.807, 2.05) is 19.1 Å². The molecule has 0 saturated carbocycles. The fraction of sp³-hybridized carbons (Fsp3) is 0.304. The zero-order valence-electron chi connectivity index (χ0n) is 16.8. The van der Waals surface area contributed by atoms with E-state index in [2.05, 4.69) is 0 Å². The molecule has 0 aliphatic carbocycles. The van der Waals surface area contributed by atoms with E-state index >= 15 is 0 Å². The molecule has 1 aliphatic heterocycles. The molecule has 1 amide bonds. The van der Waals surface area contributed by atoms with Crippen LogP contribution in [0.5, 0.6) is 11.5 Å². The van der Waals surface area contributed by atoms with Crippen molar-refractivity contribution in [3.63, 3.8) is 0 Å². The maximum absolute atomic E-state index is 12.9. The lowest BCUT2D eigenvalue weighted by Crippen LogP contribution is -2.30. The SMILES string of the molecule is CCCCN1C(=O)C(=O)/C(=C(\O)c2ccc(OC)cc2)C1c1cccc(OC)c1. The van der Waals surface area contributed by atoms with Crippen LogP contribution < -0.4 is 9.47 Å². The van der Waals surface area contributed by atoms with E-state index in [0.29, 0.717) is 23.6 Å². The number of benzene rings is 2. The topological polar surface area (TPSA) is 76.1 Å². The zero-order valence-corrected chi connectivity index (χ0v) is 16.8. The summed E-state index contributed by atoms with van der Waals surface area (Å²) in [6.45, 7) is 2.46. The van der Waals surface area contributed by atoms with E-state index in [1.165, 1.54) is 4.90 Å². The third-order valence-corrected chi connectivity index (χ3v) is 5.07. The quantitative estimate of drug-likeness (QED) is 0.437. The molecule has 1 aliphatic rings. The first-order valence-electron chi connectivity index (χ1n) is 9.58. The molecule has 1 unspecified atom stereocenters. The molecule has 0 spiro atoms. The van der Waals surface area contributed by atoms with Crippen LogP contribution in [0.3, 0.4) is 0 Å². The minimum atomic E-state index is -0.678. The van der Waals surface area contributed by atoms with Crippen molar-refractivity contribution in [1.82, 2.24) is 4.90 Å². The monoisotopic (exact) mass is 395 g/mol. The Labute approximate surface area is 170 Å². The van der Waals surface area contributed by atoms with Crippen LogP contribution in [0.1, 0.15) is 36.9 Å². The van der Waals surface area contributed by atoms with Crippen LogP contribution >= 0.6 is 0 Å². The van der Waals surface area contributed by atoms with Gasteiger partial charge in [0.05, 0.1) is 25.8 Å². The lowest BCUT2D eigenvalue weighted by Gasteiger charge is -2.25. The summed E-state index contributed by atoms with van der Waals surface area (Å²) < 4.78 is 10.5. The highest BCUT2D eigenvalue weighted by Gasteiger charge is 2.45. The highest BCUT2D eigenvalue weighted by Crippen LogP contribution is 2.40. The molecule has 6 heteroatoms. The van der Waals surface area contributed by atoms with E-state index in [-0.39, 0.29) is 11.3 Å². The van der Waals surface area contributed by atoms with Crippen LogP contribution in [0.4, 0.5) is 0 Å². The highest BCUT2D eigenvalue weighted by molar-refractivity contribution is 6.46. The Bertz CT molecular complexity index is 933. The smallest absolute Gasteiger partial charge is 0.295 e. The lowest BCUT2D eigenvalue weighted by atomic mass is 9.95. The molecule has 1 saturated heterocycles. The number of carbonyl (C=O) groups is 2.